The van der Waals surface area contributed by atoms with E-state index in [-0.39, 0.29) is 5.41 Å². The van der Waals surface area contributed by atoms with E-state index in [1.807, 2.05) is 13.1 Å². The van der Waals surface area contributed by atoms with E-state index >= 15 is 0 Å². The van der Waals surface area contributed by atoms with Crippen molar-refractivity contribution in [3.8, 4) is 0 Å². The van der Waals surface area contributed by atoms with E-state index in [0.717, 1.165) is 25.0 Å². The van der Waals surface area contributed by atoms with Gasteiger partial charge in [-0.05, 0) is 43.2 Å². The standard InChI is InChI=1S/C11H15NO/c1-9-2-3-10(12-7-9)6-11(8-13)4-5-11/h2-3,7,13H,4-6,8H2,1H3. The lowest BCUT2D eigenvalue weighted by Gasteiger charge is -2.10. The molecule has 13 heavy (non-hydrogen) atoms. The van der Waals surface area contributed by atoms with Crippen molar-refractivity contribution in [1.82, 2.24) is 4.98 Å². The Bertz CT molecular complexity index is 287. The van der Waals surface area contributed by atoms with Crippen LogP contribution in [0.2, 0.25) is 0 Å². The van der Waals surface area contributed by atoms with Crippen LogP contribution in [-0.2, 0) is 6.42 Å². The van der Waals surface area contributed by atoms with Crippen LogP contribution >= 0.6 is 0 Å². The zero-order valence-corrected chi connectivity index (χ0v) is 7.95. The predicted molar refractivity (Wildman–Crippen MR) is 51.4 cm³/mol. The van der Waals surface area contributed by atoms with Crippen molar-refractivity contribution in [2.45, 2.75) is 26.2 Å². The lowest BCUT2D eigenvalue weighted by atomic mass is 10.0. The van der Waals surface area contributed by atoms with E-state index in [1.165, 1.54) is 5.56 Å². The third-order valence-electron chi connectivity index (χ3n) is 2.82. The summed E-state index contributed by atoms with van der Waals surface area (Å²) >= 11 is 0. The Balaban J connectivity index is 2.06. The van der Waals surface area contributed by atoms with Crippen molar-refractivity contribution < 1.29 is 5.11 Å². The summed E-state index contributed by atoms with van der Waals surface area (Å²) in [5.41, 5.74) is 2.48. The number of aryl methyl sites for hydroxylation is 1. The highest BCUT2D eigenvalue weighted by Crippen LogP contribution is 2.47. The lowest BCUT2D eigenvalue weighted by Crippen LogP contribution is -2.10. The first-order valence-electron chi connectivity index (χ1n) is 4.77. The highest BCUT2D eigenvalue weighted by Gasteiger charge is 2.42. The van der Waals surface area contributed by atoms with Crippen LogP contribution in [0.5, 0.6) is 0 Å². The van der Waals surface area contributed by atoms with E-state index < -0.39 is 0 Å². The van der Waals surface area contributed by atoms with Crippen molar-refractivity contribution >= 4 is 0 Å². The molecule has 2 rings (SSSR count). The number of aliphatic hydroxyl groups excluding tert-OH is 1. The highest BCUT2D eigenvalue weighted by atomic mass is 16.3. The number of hydrogen-bond donors (Lipinski definition) is 1. The number of aliphatic hydroxyl groups is 1. The molecule has 0 amide bonds. The Labute approximate surface area is 78.6 Å². The summed E-state index contributed by atoms with van der Waals surface area (Å²) < 4.78 is 0. The fourth-order valence-electron chi connectivity index (χ4n) is 1.55. The molecule has 0 spiro atoms. The minimum Gasteiger partial charge on any atom is -0.396 e. The molecule has 0 saturated heterocycles. The fourth-order valence-corrected chi connectivity index (χ4v) is 1.55. The van der Waals surface area contributed by atoms with Gasteiger partial charge >= 0.3 is 0 Å². The summed E-state index contributed by atoms with van der Waals surface area (Å²) in [6.07, 6.45) is 5.13. The Morgan fingerprint density at radius 2 is 2.23 bits per heavy atom. The summed E-state index contributed by atoms with van der Waals surface area (Å²) in [5, 5.41) is 9.14. The van der Waals surface area contributed by atoms with Gasteiger partial charge in [0.05, 0.1) is 0 Å². The molecule has 1 aromatic heterocycles. The molecule has 1 saturated carbocycles. The molecule has 0 atom stereocenters. The summed E-state index contributed by atoms with van der Waals surface area (Å²) in [4.78, 5) is 4.34. The third-order valence-corrected chi connectivity index (χ3v) is 2.82. The average molecular weight is 177 g/mol. The maximum Gasteiger partial charge on any atom is 0.0491 e. The van der Waals surface area contributed by atoms with Gasteiger partial charge in [0.1, 0.15) is 0 Å². The summed E-state index contributed by atoms with van der Waals surface area (Å²) in [6.45, 7) is 2.35. The summed E-state index contributed by atoms with van der Waals surface area (Å²) in [6, 6.07) is 4.14. The second kappa shape index (κ2) is 3.11. The Morgan fingerprint density at radius 1 is 1.46 bits per heavy atom. The highest BCUT2D eigenvalue weighted by molar-refractivity contribution is 5.15. The smallest absolute Gasteiger partial charge is 0.0491 e. The molecule has 1 fully saturated rings. The first-order valence-corrected chi connectivity index (χ1v) is 4.77. The van der Waals surface area contributed by atoms with Gasteiger partial charge in [-0.1, -0.05) is 6.07 Å². The van der Waals surface area contributed by atoms with Gasteiger partial charge in [-0.25, -0.2) is 0 Å². The van der Waals surface area contributed by atoms with Crippen molar-refractivity contribution in [3.05, 3.63) is 29.6 Å². The lowest BCUT2D eigenvalue weighted by molar-refractivity contribution is 0.210. The van der Waals surface area contributed by atoms with Crippen LogP contribution in [0.25, 0.3) is 0 Å². The Morgan fingerprint density at radius 3 is 2.69 bits per heavy atom. The van der Waals surface area contributed by atoms with Gasteiger partial charge < -0.3 is 5.11 Å². The molecule has 2 nitrogen and oxygen atoms in total. The monoisotopic (exact) mass is 177 g/mol. The van der Waals surface area contributed by atoms with Crippen molar-refractivity contribution in [2.24, 2.45) is 5.41 Å². The Hall–Kier alpha value is -0.890. The van der Waals surface area contributed by atoms with Gasteiger partial charge in [0.2, 0.25) is 0 Å². The predicted octanol–water partition coefficient (Wildman–Crippen LogP) is 1.71. The third kappa shape index (κ3) is 1.89. The van der Waals surface area contributed by atoms with Crippen molar-refractivity contribution in [3.63, 3.8) is 0 Å². The van der Waals surface area contributed by atoms with Gasteiger partial charge in [0, 0.05) is 18.5 Å². The summed E-state index contributed by atoms with van der Waals surface area (Å²) in [5.74, 6) is 0. The quantitative estimate of drug-likeness (QED) is 0.762. The van der Waals surface area contributed by atoms with Crippen LogP contribution in [0.15, 0.2) is 18.3 Å². The molecule has 0 unspecified atom stereocenters. The van der Waals surface area contributed by atoms with Crippen LogP contribution in [-0.4, -0.2) is 16.7 Å². The molecule has 0 radical (unpaired) electrons. The number of rotatable bonds is 3. The maximum atomic E-state index is 9.14. The largest absolute Gasteiger partial charge is 0.396 e. The fraction of sp³-hybridized carbons (Fsp3) is 0.545. The average Bonchev–Trinajstić information content (AvgIpc) is 2.90. The minimum atomic E-state index is 0.183. The van der Waals surface area contributed by atoms with Crippen LogP contribution < -0.4 is 0 Å². The molecule has 2 heteroatoms. The van der Waals surface area contributed by atoms with Gasteiger partial charge in [-0.15, -0.1) is 0 Å². The molecule has 0 bridgehead atoms. The molecule has 1 aliphatic carbocycles. The van der Waals surface area contributed by atoms with E-state index in [4.69, 9.17) is 5.11 Å². The van der Waals surface area contributed by atoms with Gasteiger partial charge in [-0.2, -0.15) is 0 Å². The van der Waals surface area contributed by atoms with E-state index in [9.17, 15) is 0 Å². The molecule has 70 valence electrons. The van der Waals surface area contributed by atoms with E-state index in [2.05, 4.69) is 17.1 Å². The second-order valence-electron chi connectivity index (χ2n) is 4.16. The van der Waals surface area contributed by atoms with Gasteiger partial charge in [0.25, 0.3) is 0 Å². The van der Waals surface area contributed by atoms with Crippen molar-refractivity contribution in [2.75, 3.05) is 6.61 Å². The van der Waals surface area contributed by atoms with E-state index in [1.54, 1.807) is 0 Å². The zero-order valence-electron chi connectivity index (χ0n) is 7.95. The van der Waals surface area contributed by atoms with Crippen molar-refractivity contribution in [1.29, 1.82) is 0 Å². The number of pyridine rings is 1. The molecule has 0 aromatic carbocycles. The normalized spacial score (nSPS) is 18.6. The first-order chi connectivity index (χ1) is 6.24. The number of hydrogen-bond acceptors (Lipinski definition) is 2. The SMILES string of the molecule is Cc1ccc(CC2(CO)CC2)nc1. The molecular weight excluding hydrogens is 162 g/mol. The van der Waals surface area contributed by atoms with Crippen LogP contribution in [0, 0.1) is 12.3 Å². The molecular formula is C11H15NO. The van der Waals surface area contributed by atoms with Crippen LogP contribution in [0.3, 0.4) is 0 Å². The zero-order chi connectivity index (χ0) is 9.31. The molecule has 1 N–H and O–H groups in total. The Kier molecular flexibility index (Phi) is 2.08. The van der Waals surface area contributed by atoms with Crippen LogP contribution in [0.1, 0.15) is 24.1 Å². The number of nitrogens with zero attached hydrogens (tertiary/aromatic N) is 1. The number of aromatic nitrogens is 1. The van der Waals surface area contributed by atoms with Crippen LogP contribution in [0.4, 0.5) is 0 Å². The molecule has 0 aliphatic heterocycles. The maximum absolute atomic E-state index is 9.14. The topological polar surface area (TPSA) is 33.1 Å². The second-order valence-corrected chi connectivity index (χ2v) is 4.16. The first kappa shape index (κ1) is 8.70. The molecule has 1 heterocycles. The molecule has 1 aliphatic rings. The molecule has 1 aromatic rings. The summed E-state index contributed by atoms with van der Waals surface area (Å²) in [7, 11) is 0. The minimum absolute atomic E-state index is 0.183. The van der Waals surface area contributed by atoms with Gasteiger partial charge in [0.15, 0.2) is 0 Å². The van der Waals surface area contributed by atoms with Gasteiger partial charge in [-0.3, -0.25) is 4.98 Å². The van der Waals surface area contributed by atoms with E-state index in [0.29, 0.717) is 6.61 Å².